The molecule has 0 aliphatic carbocycles. The van der Waals surface area contributed by atoms with Gasteiger partial charge in [-0.2, -0.15) is 0 Å². The number of halogens is 1. The maximum absolute atomic E-state index is 13.0. The maximum atomic E-state index is 13.0. The van der Waals surface area contributed by atoms with E-state index in [9.17, 15) is 4.79 Å². The van der Waals surface area contributed by atoms with E-state index in [2.05, 4.69) is 22.9 Å². The third-order valence-corrected chi connectivity index (χ3v) is 6.27. The van der Waals surface area contributed by atoms with Gasteiger partial charge in [0.2, 0.25) is 5.91 Å². The van der Waals surface area contributed by atoms with Crippen LogP contribution in [0.25, 0.3) is 0 Å². The number of carbonyl (C=O) groups is 1. The summed E-state index contributed by atoms with van der Waals surface area (Å²) in [6.07, 6.45) is 1.53. The molecule has 5 nitrogen and oxygen atoms in total. The van der Waals surface area contributed by atoms with Crippen LogP contribution in [-0.4, -0.2) is 41.5 Å². The van der Waals surface area contributed by atoms with E-state index in [0.717, 1.165) is 38.8 Å². The molecule has 1 aliphatic heterocycles. The van der Waals surface area contributed by atoms with Gasteiger partial charge in [0.05, 0.1) is 29.1 Å². The van der Waals surface area contributed by atoms with Crippen LogP contribution in [0.5, 0.6) is 11.5 Å². The van der Waals surface area contributed by atoms with Crippen LogP contribution in [-0.2, 0) is 11.2 Å². The van der Waals surface area contributed by atoms with E-state index in [1.165, 1.54) is 11.8 Å². The third-order valence-electron chi connectivity index (χ3n) is 4.48. The van der Waals surface area contributed by atoms with Crippen molar-refractivity contribution in [2.24, 2.45) is 4.99 Å². The molecule has 2 aromatic rings. The summed E-state index contributed by atoms with van der Waals surface area (Å²) in [5, 5.41) is 0.585. The molecule has 0 spiro atoms. The van der Waals surface area contributed by atoms with E-state index in [1.54, 1.807) is 7.11 Å². The second-order valence-corrected chi connectivity index (χ2v) is 8.61. The number of benzene rings is 2. The lowest BCUT2D eigenvalue weighted by Gasteiger charge is -2.15. The third kappa shape index (κ3) is 5.34. The largest absolute Gasteiger partial charge is 0.496 e. The normalized spacial score (nSPS) is 17.8. The number of amidine groups is 1. The summed E-state index contributed by atoms with van der Waals surface area (Å²) in [5.41, 5.74) is 1.90. The Morgan fingerprint density at radius 1 is 1.17 bits per heavy atom. The Bertz CT molecular complexity index is 886. The van der Waals surface area contributed by atoms with E-state index in [1.807, 2.05) is 54.3 Å². The number of carbonyl (C=O) groups excluding carboxylic acids is 1. The van der Waals surface area contributed by atoms with Gasteiger partial charge in [-0.25, -0.2) is 4.99 Å². The van der Waals surface area contributed by atoms with Crippen LogP contribution in [0, 0.1) is 0 Å². The zero-order valence-corrected chi connectivity index (χ0v) is 19.3. The van der Waals surface area contributed by atoms with Gasteiger partial charge in [0.15, 0.2) is 5.17 Å². The average molecular weight is 477 g/mol. The molecule has 0 radical (unpaired) electrons. The molecule has 0 unspecified atom stereocenters. The minimum absolute atomic E-state index is 0.119. The van der Waals surface area contributed by atoms with Crippen LogP contribution in [0.15, 0.2) is 51.9 Å². The topological polar surface area (TPSA) is 51.1 Å². The van der Waals surface area contributed by atoms with Crippen molar-refractivity contribution in [3.05, 3.63) is 52.5 Å². The zero-order valence-electron chi connectivity index (χ0n) is 16.9. The van der Waals surface area contributed by atoms with E-state index in [0.29, 0.717) is 19.6 Å². The fourth-order valence-corrected chi connectivity index (χ4v) is 4.91. The van der Waals surface area contributed by atoms with Crippen molar-refractivity contribution in [3.8, 4) is 11.5 Å². The summed E-state index contributed by atoms with van der Waals surface area (Å²) >= 11 is 5.06. The highest BCUT2D eigenvalue weighted by atomic mass is 79.9. The number of rotatable bonds is 8. The van der Waals surface area contributed by atoms with Crippen molar-refractivity contribution in [1.29, 1.82) is 0 Å². The Labute approximate surface area is 184 Å². The predicted octanol–water partition coefficient (Wildman–Crippen LogP) is 5.44. The predicted molar refractivity (Wildman–Crippen MR) is 122 cm³/mol. The number of amides is 1. The van der Waals surface area contributed by atoms with Crippen molar-refractivity contribution in [2.75, 3.05) is 20.3 Å². The Kier molecular flexibility index (Phi) is 7.61. The average Bonchev–Trinajstić information content (AvgIpc) is 2.99. The number of aliphatic imine (C=N–C) groups is 1. The minimum Gasteiger partial charge on any atom is -0.496 e. The molecular formula is C22H25BrN2O3S. The molecule has 1 saturated heterocycles. The summed E-state index contributed by atoms with van der Waals surface area (Å²) < 4.78 is 11.7. The van der Waals surface area contributed by atoms with Crippen LogP contribution in [0.4, 0.5) is 5.69 Å². The molecule has 0 saturated carbocycles. The van der Waals surface area contributed by atoms with E-state index >= 15 is 0 Å². The number of hydrogen-bond donors (Lipinski definition) is 0. The number of thioether (sulfide) groups is 1. The molecule has 3 rings (SSSR count). The Balaban J connectivity index is 1.79. The lowest BCUT2D eigenvalue weighted by molar-refractivity contribution is -0.126. The van der Waals surface area contributed by atoms with Crippen molar-refractivity contribution in [2.45, 2.75) is 31.9 Å². The van der Waals surface area contributed by atoms with Gasteiger partial charge in [-0.05, 0) is 77.7 Å². The quantitative estimate of drug-likeness (QED) is 0.508. The lowest BCUT2D eigenvalue weighted by atomic mass is 10.1. The Morgan fingerprint density at radius 2 is 1.93 bits per heavy atom. The van der Waals surface area contributed by atoms with Crippen LogP contribution in [0.2, 0.25) is 0 Å². The van der Waals surface area contributed by atoms with Gasteiger partial charge in [-0.15, -0.1) is 0 Å². The standard InChI is InChI=1S/C22H25BrN2O3S/c1-4-12-25-21(26)20(14-15-6-11-19(27-3)18(23)13-15)29-22(25)24-16-7-9-17(10-8-16)28-5-2/h6-11,13,20H,4-5,12,14H2,1-3H3/t20-/m1/s1. The van der Waals surface area contributed by atoms with Crippen molar-refractivity contribution in [3.63, 3.8) is 0 Å². The number of ether oxygens (including phenoxy) is 2. The highest BCUT2D eigenvalue weighted by Gasteiger charge is 2.37. The van der Waals surface area contributed by atoms with Gasteiger partial charge in [-0.1, -0.05) is 24.8 Å². The monoisotopic (exact) mass is 476 g/mol. The molecule has 154 valence electrons. The Morgan fingerprint density at radius 3 is 2.55 bits per heavy atom. The molecule has 0 N–H and O–H groups in total. The summed E-state index contributed by atoms with van der Waals surface area (Å²) in [7, 11) is 1.64. The second-order valence-electron chi connectivity index (χ2n) is 6.59. The highest BCUT2D eigenvalue weighted by molar-refractivity contribution is 9.10. The number of nitrogens with zero attached hydrogens (tertiary/aromatic N) is 2. The first-order valence-electron chi connectivity index (χ1n) is 9.67. The van der Waals surface area contributed by atoms with Crippen molar-refractivity contribution < 1.29 is 14.3 Å². The molecular weight excluding hydrogens is 452 g/mol. The van der Waals surface area contributed by atoms with E-state index in [-0.39, 0.29) is 11.2 Å². The Hall–Kier alpha value is -1.99. The maximum Gasteiger partial charge on any atom is 0.242 e. The molecule has 0 aromatic heterocycles. The van der Waals surface area contributed by atoms with Gasteiger partial charge < -0.3 is 9.47 Å². The highest BCUT2D eigenvalue weighted by Crippen LogP contribution is 2.34. The lowest BCUT2D eigenvalue weighted by Crippen LogP contribution is -2.33. The smallest absolute Gasteiger partial charge is 0.242 e. The van der Waals surface area contributed by atoms with Gasteiger partial charge in [0.25, 0.3) is 0 Å². The second kappa shape index (κ2) is 10.2. The molecule has 0 bridgehead atoms. The fraction of sp³-hybridized carbons (Fsp3) is 0.364. The van der Waals surface area contributed by atoms with Gasteiger partial charge in [-0.3, -0.25) is 9.69 Å². The molecule has 2 aromatic carbocycles. The van der Waals surface area contributed by atoms with Crippen LogP contribution >= 0.6 is 27.7 Å². The van der Waals surface area contributed by atoms with Gasteiger partial charge >= 0.3 is 0 Å². The van der Waals surface area contributed by atoms with Gasteiger partial charge in [0, 0.05) is 6.54 Å². The number of methoxy groups -OCH3 is 1. The number of hydrogen-bond acceptors (Lipinski definition) is 5. The molecule has 1 aliphatic rings. The molecule has 1 fully saturated rings. The van der Waals surface area contributed by atoms with E-state index < -0.39 is 0 Å². The summed E-state index contributed by atoms with van der Waals surface area (Å²) in [6.45, 7) is 5.33. The van der Waals surface area contributed by atoms with Gasteiger partial charge in [0.1, 0.15) is 11.5 Å². The fourth-order valence-electron chi connectivity index (χ4n) is 3.10. The molecule has 29 heavy (non-hydrogen) atoms. The van der Waals surface area contributed by atoms with Crippen LogP contribution < -0.4 is 9.47 Å². The molecule has 1 amide bonds. The summed E-state index contributed by atoms with van der Waals surface area (Å²) in [6, 6.07) is 13.6. The molecule has 1 atom stereocenters. The minimum atomic E-state index is -0.178. The summed E-state index contributed by atoms with van der Waals surface area (Å²) in [5.74, 6) is 1.72. The molecule has 1 heterocycles. The molecule has 7 heteroatoms. The first kappa shape index (κ1) is 21.7. The first-order chi connectivity index (χ1) is 14.0. The van der Waals surface area contributed by atoms with Crippen LogP contribution in [0.1, 0.15) is 25.8 Å². The van der Waals surface area contributed by atoms with Crippen molar-refractivity contribution in [1.82, 2.24) is 4.90 Å². The summed E-state index contributed by atoms with van der Waals surface area (Å²) in [4.78, 5) is 19.6. The van der Waals surface area contributed by atoms with Crippen LogP contribution in [0.3, 0.4) is 0 Å². The first-order valence-corrected chi connectivity index (χ1v) is 11.3. The van der Waals surface area contributed by atoms with E-state index in [4.69, 9.17) is 14.5 Å². The van der Waals surface area contributed by atoms with Crippen molar-refractivity contribution >= 4 is 44.5 Å². The SMILES string of the molecule is CCCN1C(=O)[C@@H](Cc2ccc(OC)c(Br)c2)SC1=Nc1ccc(OCC)cc1. The zero-order chi connectivity index (χ0) is 20.8.